The van der Waals surface area contributed by atoms with Crippen LogP contribution in [0, 0.1) is 0 Å². The van der Waals surface area contributed by atoms with Crippen LogP contribution < -0.4 is 9.47 Å². The Morgan fingerprint density at radius 2 is 2.16 bits per heavy atom. The average molecular weight is 281 g/mol. The highest BCUT2D eigenvalue weighted by atomic mass is 35.5. The Morgan fingerprint density at radius 3 is 2.79 bits per heavy atom. The van der Waals surface area contributed by atoms with Crippen LogP contribution >= 0.6 is 11.6 Å². The quantitative estimate of drug-likeness (QED) is 0.838. The van der Waals surface area contributed by atoms with Crippen LogP contribution in [0.5, 0.6) is 11.5 Å². The summed E-state index contributed by atoms with van der Waals surface area (Å²) in [5.74, 6) is 1.50. The van der Waals surface area contributed by atoms with Gasteiger partial charge in [0.15, 0.2) is 5.75 Å². The number of hydrogen-bond donors (Lipinski definition) is 0. The van der Waals surface area contributed by atoms with Crippen LogP contribution in [0.15, 0.2) is 30.6 Å². The molecule has 102 valence electrons. The summed E-state index contributed by atoms with van der Waals surface area (Å²) in [5, 5.41) is 4.89. The van der Waals surface area contributed by atoms with E-state index in [2.05, 4.69) is 18.9 Å². The minimum Gasteiger partial charge on any atom is -0.496 e. The zero-order chi connectivity index (χ0) is 13.8. The maximum atomic E-state index is 5.97. The summed E-state index contributed by atoms with van der Waals surface area (Å²) < 4.78 is 12.8. The molecule has 0 radical (unpaired) electrons. The lowest BCUT2D eigenvalue weighted by Gasteiger charge is -2.09. The molecule has 0 bridgehead atoms. The Kier molecular flexibility index (Phi) is 4.32. The molecule has 19 heavy (non-hydrogen) atoms. The molecule has 0 aliphatic carbocycles. The number of methoxy groups -OCH3 is 1. The van der Waals surface area contributed by atoms with Gasteiger partial charge in [0.1, 0.15) is 12.4 Å². The van der Waals surface area contributed by atoms with E-state index in [1.54, 1.807) is 19.4 Å². The van der Waals surface area contributed by atoms with Crippen LogP contribution in [-0.2, 0) is 6.61 Å². The molecule has 0 spiro atoms. The maximum absolute atomic E-state index is 5.97. The summed E-state index contributed by atoms with van der Waals surface area (Å²) in [7, 11) is 1.63. The zero-order valence-corrected chi connectivity index (χ0v) is 12.0. The van der Waals surface area contributed by atoms with Gasteiger partial charge in [-0.25, -0.2) is 0 Å². The van der Waals surface area contributed by atoms with Crippen LogP contribution in [0.25, 0.3) is 0 Å². The smallest absolute Gasteiger partial charge is 0.157 e. The Morgan fingerprint density at radius 1 is 1.37 bits per heavy atom. The molecule has 0 amide bonds. The van der Waals surface area contributed by atoms with Gasteiger partial charge in [-0.05, 0) is 32.0 Å². The lowest BCUT2D eigenvalue weighted by Crippen LogP contribution is -2.00. The minimum atomic E-state index is 0.318. The van der Waals surface area contributed by atoms with Gasteiger partial charge in [0.2, 0.25) is 0 Å². The first kappa shape index (κ1) is 13.7. The number of ether oxygens (including phenoxy) is 2. The average Bonchev–Trinajstić information content (AvgIpc) is 2.85. The second kappa shape index (κ2) is 5.97. The van der Waals surface area contributed by atoms with Crippen molar-refractivity contribution < 1.29 is 9.47 Å². The standard InChI is InChI=1S/C14H17ClN2O2/c1-10(2)17-8-13(7-16-17)19-9-11-6-12(15)4-5-14(11)18-3/h4-8,10H,9H2,1-3H3. The summed E-state index contributed by atoms with van der Waals surface area (Å²) >= 11 is 5.97. The molecule has 0 aliphatic rings. The first-order valence-electron chi connectivity index (χ1n) is 6.09. The Bertz CT molecular complexity index is 552. The molecule has 0 saturated heterocycles. The predicted molar refractivity (Wildman–Crippen MR) is 74.9 cm³/mol. The van der Waals surface area contributed by atoms with Gasteiger partial charge in [-0.15, -0.1) is 0 Å². The van der Waals surface area contributed by atoms with E-state index in [4.69, 9.17) is 21.1 Å². The molecule has 4 nitrogen and oxygen atoms in total. The first-order chi connectivity index (χ1) is 9.10. The maximum Gasteiger partial charge on any atom is 0.157 e. The van der Waals surface area contributed by atoms with Crippen molar-refractivity contribution in [2.75, 3.05) is 7.11 Å². The van der Waals surface area contributed by atoms with Crippen LogP contribution in [0.4, 0.5) is 0 Å². The van der Waals surface area contributed by atoms with Crippen molar-refractivity contribution in [3.63, 3.8) is 0 Å². The second-order valence-corrected chi connectivity index (χ2v) is 4.93. The normalized spacial score (nSPS) is 10.8. The molecular formula is C14H17ClN2O2. The molecule has 1 aromatic heterocycles. The molecule has 0 unspecified atom stereocenters. The van der Waals surface area contributed by atoms with Crippen LogP contribution in [0.3, 0.4) is 0 Å². The van der Waals surface area contributed by atoms with Crippen molar-refractivity contribution in [2.45, 2.75) is 26.5 Å². The summed E-state index contributed by atoms with van der Waals surface area (Å²) in [4.78, 5) is 0. The third-order valence-corrected chi connectivity index (χ3v) is 2.98. The summed E-state index contributed by atoms with van der Waals surface area (Å²) in [6.07, 6.45) is 3.58. The van der Waals surface area contributed by atoms with E-state index < -0.39 is 0 Å². The van der Waals surface area contributed by atoms with Gasteiger partial charge < -0.3 is 9.47 Å². The summed E-state index contributed by atoms with van der Waals surface area (Å²) in [6.45, 7) is 4.53. The first-order valence-corrected chi connectivity index (χ1v) is 6.47. The fourth-order valence-electron chi connectivity index (χ4n) is 1.70. The van der Waals surface area contributed by atoms with E-state index in [-0.39, 0.29) is 0 Å². The van der Waals surface area contributed by atoms with Crippen molar-refractivity contribution in [3.05, 3.63) is 41.2 Å². The van der Waals surface area contributed by atoms with Crippen LogP contribution in [0.1, 0.15) is 25.5 Å². The van der Waals surface area contributed by atoms with E-state index in [1.165, 1.54) is 0 Å². The number of halogens is 1. The lowest BCUT2D eigenvalue weighted by atomic mass is 10.2. The molecule has 0 atom stereocenters. The third kappa shape index (κ3) is 3.41. The van der Waals surface area contributed by atoms with E-state index in [0.717, 1.165) is 17.1 Å². The highest BCUT2D eigenvalue weighted by molar-refractivity contribution is 6.30. The van der Waals surface area contributed by atoms with Crippen molar-refractivity contribution in [3.8, 4) is 11.5 Å². The molecule has 0 N–H and O–H groups in total. The van der Waals surface area contributed by atoms with Crippen molar-refractivity contribution in [2.24, 2.45) is 0 Å². The number of benzene rings is 1. The van der Waals surface area contributed by atoms with Crippen molar-refractivity contribution in [1.29, 1.82) is 0 Å². The monoisotopic (exact) mass is 280 g/mol. The Balaban J connectivity index is 2.07. The topological polar surface area (TPSA) is 36.3 Å². The molecule has 0 aliphatic heterocycles. The predicted octanol–water partition coefficient (Wildman–Crippen LogP) is 3.71. The van der Waals surface area contributed by atoms with Gasteiger partial charge in [0, 0.05) is 16.6 Å². The number of hydrogen-bond acceptors (Lipinski definition) is 3. The van der Waals surface area contributed by atoms with Gasteiger partial charge in [0.25, 0.3) is 0 Å². The Labute approximate surface area is 117 Å². The fraction of sp³-hybridized carbons (Fsp3) is 0.357. The highest BCUT2D eigenvalue weighted by Crippen LogP contribution is 2.24. The second-order valence-electron chi connectivity index (χ2n) is 4.49. The van der Waals surface area contributed by atoms with Gasteiger partial charge in [-0.3, -0.25) is 4.68 Å². The van der Waals surface area contributed by atoms with Crippen LogP contribution in [0.2, 0.25) is 5.02 Å². The van der Waals surface area contributed by atoms with Gasteiger partial charge >= 0.3 is 0 Å². The Hall–Kier alpha value is -1.68. The number of nitrogens with zero attached hydrogens (tertiary/aromatic N) is 2. The van der Waals surface area contributed by atoms with E-state index in [0.29, 0.717) is 17.7 Å². The van der Waals surface area contributed by atoms with E-state index >= 15 is 0 Å². The largest absolute Gasteiger partial charge is 0.496 e. The van der Waals surface area contributed by atoms with E-state index in [1.807, 2.05) is 23.0 Å². The molecule has 0 saturated carbocycles. The van der Waals surface area contributed by atoms with Crippen molar-refractivity contribution >= 4 is 11.6 Å². The van der Waals surface area contributed by atoms with Gasteiger partial charge in [0.05, 0.1) is 19.5 Å². The SMILES string of the molecule is COc1ccc(Cl)cc1COc1cnn(C(C)C)c1. The minimum absolute atomic E-state index is 0.318. The summed E-state index contributed by atoms with van der Waals surface area (Å²) in [5.41, 5.74) is 0.910. The third-order valence-electron chi connectivity index (χ3n) is 2.74. The summed E-state index contributed by atoms with van der Waals surface area (Å²) in [6, 6.07) is 5.78. The van der Waals surface area contributed by atoms with Crippen molar-refractivity contribution in [1.82, 2.24) is 9.78 Å². The number of aromatic nitrogens is 2. The zero-order valence-electron chi connectivity index (χ0n) is 11.3. The number of rotatable bonds is 5. The molecule has 0 fully saturated rings. The van der Waals surface area contributed by atoms with Crippen LogP contribution in [-0.4, -0.2) is 16.9 Å². The molecule has 1 heterocycles. The highest BCUT2D eigenvalue weighted by Gasteiger charge is 2.07. The molecule has 1 aromatic carbocycles. The molecular weight excluding hydrogens is 264 g/mol. The molecule has 2 aromatic rings. The van der Waals surface area contributed by atoms with Gasteiger partial charge in [-0.1, -0.05) is 11.6 Å². The molecule has 2 rings (SSSR count). The molecule has 5 heteroatoms. The van der Waals surface area contributed by atoms with E-state index in [9.17, 15) is 0 Å². The van der Waals surface area contributed by atoms with Gasteiger partial charge in [-0.2, -0.15) is 5.10 Å². The fourth-order valence-corrected chi connectivity index (χ4v) is 1.89. The lowest BCUT2D eigenvalue weighted by molar-refractivity contribution is 0.296.